The average molecular weight is 408 g/mol. The molecule has 2 aromatic rings. The molecule has 0 spiro atoms. The zero-order valence-corrected chi connectivity index (χ0v) is 17.0. The lowest BCUT2D eigenvalue weighted by atomic mass is 10.2. The van der Waals surface area contributed by atoms with Crippen LogP contribution in [0, 0.1) is 0 Å². The van der Waals surface area contributed by atoms with Crippen molar-refractivity contribution in [2.75, 3.05) is 23.9 Å². The molecule has 0 saturated heterocycles. The number of carbonyl (C=O) groups is 3. The summed E-state index contributed by atoms with van der Waals surface area (Å²) < 4.78 is 10.1. The van der Waals surface area contributed by atoms with Crippen LogP contribution in [0.4, 0.5) is 16.2 Å². The first kappa shape index (κ1) is 22.4. The van der Waals surface area contributed by atoms with Gasteiger partial charge in [0.25, 0.3) is 0 Å². The Morgan fingerprint density at radius 2 is 1.20 bits per heavy atom. The van der Waals surface area contributed by atoms with Crippen LogP contribution in [0.15, 0.2) is 73.8 Å². The zero-order valence-electron chi connectivity index (χ0n) is 17.0. The third-order valence-corrected chi connectivity index (χ3v) is 4.27. The summed E-state index contributed by atoms with van der Waals surface area (Å²) in [6.07, 6.45) is 2.20. The minimum atomic E-state index is -0.511. The van der Waals surface area contributed by atoms with Gasteiger partial charge in [0.2, 0.25) is 0 Å². The standard InChI is InChI=1S/C23H24N2O5/c1-5-21(26)29-15-17-9-7-11-19(13-17)24(3)23(28)25(4)20-12-8-10-18(14-20)16-30-22(27)6-2/h5-14H,1-2,15-16H2,3-4H3. The van der Waals surface area contributed by atoms with Crippen LogP contribution in [0.3, 0.4) is 0 Å². The van der Waals surface area contributed by atoms with E-state index in [4.69, 9.17) is 9.47 Å². The highest BCUT2D eigenvalue weighted by atomic mass is 16.5. The van der Waals surface area contributed by atoms with E-state index >= 15 is 0 Å². The second kappa shape index (κ2) is 10.6. The molecule has 0 atom stereocenters. The van der Waals surface area contributed by atoms with Crippen molar-refractivity contribution in [3.8, 4) is 0 Å². The summed E-state index contributed by atoms with van der Waals surface area (Å²) in [6.45, 7) is 6.89. The minimum absolute atomic E-state index is 0.0854. The Morgan fingerprint density at radius 3 is 1.57 bits per heavy atom. The van der Waals surface area contributed by atoms with Gasteiger partial charge in [-0.1, -0.05) is 37.4 Å². The molecule has 7 heteroatoms. The molecule has 7 nitrogen and oxygen atoms in total. The Kier molecular flexibility index (Phi) is 7.93. The normalized spacial score (nSPS) is 9.93. The molecule has 2 amide bonds. The molecular formula is C23H24N2O5. The van der Waals surface area contributed by atoms with E-state index in [1.54, 1.807) is 62.6 Å². The van der Waals surface area contributed by atoms with Gasteiger partial charge in [0.1, 0.15) is 13.2 Å². The lowest BCUT2D eigenvalue weighted by molar-refractivity contribution is -0.139. The Bertz CT molecular complexity index is 879. The van der Waals surface area contributed by atoms with Crippen molar-refractivity contribution in [1.82, 2.24) is 0 Å². The lowest BCUT2D eigenvalue weighted by Crippen LogP contribution is -2.39. The van der Waals surface area contributed by atoms with Crippen LogP contribution < -0.4 is 9.80 Å². The first-order chi connectivity index (χ1) is 14.3. The fourth-order valence-corrected chi connectivity index (χ4v) is 2.58. The van der Waals surface area contributed by atoms with E-state index in [-0.39, 0.29) is 19.2 Å². The van der Waals surface area contributed by atoms with E-state index in [2.05, 4.69) is 13.2 Å². The quantitative estimate of drug-likeness (QED) is 0.490. The number of nitrogens with zero attached hydrogens (tertiary/aromatic N) is 2. The number of amides is 2. The van der Waals surface area contributed by atoms with Gasteiger partial charge in [-0.05, 0) is 35.4 Å². The Hall–Kier alpha value is -3.87. The molecule has 0 aliphatic rings. The molecule has 2 aromatic carbocycles. The summed E-state index contributed by atoms with van der Waals surface area (Å²) in [4.78, 5) is 38.4. The largest absolute Gasteiger partial charge is 0.458 e. The summed E-state index contributed by atoms with van der Waals surface area (Å²) in [6, 6.07) is 14.0. The molecule has 0 bridgehead atoms. The van der Waals surface area contributed by atoms with Gasteiger partial charge in [0.05, 0.1) is 0 Å². The van der Waals surface area contributed by atoms with Gasteiger partial charge in [-0.2, -0.15) is 0 Å². The summed E-state index contributed by atoms with van der Waals surface area (Å²) >= 11 is 0. The van der Waals surface area contributed by atoms with E-state index < -0.39 is 11.9 Å². The number of anilines is 2. The van der Waals surface area contributed by atoms with Crippen molar-refractivity contribution in [2.24, 2.45) is 0 Å². The monoisotopic (exact) mass is 408 g/mol. The van der Waals surface area contributed by atoms with Crippen LogP contribution in [0.25, 0.3) is 0 Å². The summed E-state index contributed by atoms with van der Waals surface area (Å²) in [7, 11) is 3.31. The highest BCUT2D eigenvalue weighted by molar-refractivity contribution is 6.02. The van der Waals surface area contributed by atoms with E-state index in [0.29, 0.717) is 11.4 Å². The van der Waals surface area contributed by atoms with Gasteiger partial charge in [0, 0.05) is 37.6 Å². The van der Waals surface area contributed by atoms with Crippen molar-refractivity contribution in [3.05, 3.63) is 85.0 Å². The maximum absolute atomic E-state index is 12.9. The van der Waals surface area contributed by atoms with Gasteiger partial charge < -0.3 is 9.47 Å². The van der Waals surface area contributed by atoms with E-state index in [0.717, 1.165) is 23.3 Å². The fourth-order valence-electron chi connectivity index (χ4n) is 2.58. The topological polar surface area (TPSA) is 76.2 Å². The van der Waals surface area contributed by atoms with Gasteiger partial charge in [-0.3, -0.25) is 9.80 Å². The fraction of sp³-hybridized carbons (Fsp3) is 0.174. The number of benzene rings is 2. The maximum atomic E-state index is 12.9. The maximum Gasteiger partial charge on any atom is 0.330 e. The van der Waals surface area contributed by atoms with Gasteiger partial charge in [0.15, 0.2) is 0 Å². The van der Waals surface area contributed by atoms with Crippen LogP contribution >= 0.6 is 0 Å². The number of carbonyl (C=O) groups excluding carboxylic acids is 3. The van der Waals surface area contributed by atoms with Gasteiger partial charge in [-0.15, -0.1) is 0 Å². The highest BCUT2D eigenvalue weighted by Gasteiger charge is 2.18. The van der Waals surface area contributed by atoms with Crippen molar-refractivity contribution in [3.63, 3.8) is 0 Å². The average Bonchev–Trinajstić information content (AvgIpc) is 2.79. The van der Waals surface area contributed by atoms with E-state index in [9.17, 15) is 14.4 Å². The molecule has 0 aliphatic heterocycles. The number of rotatable bonds is 8. The zero-order chi connectivity index (χ0) is 22.1. The lowest BCUT2D eigenvalue weighted by Gasteiger charge is -2.25. The second-order valence-corrected chi connectivity index (χ2v) is 6.36. The first-order valence-electron chi connectivity index (χ1n) is 9.13. The SMILES string of the molecule is C=CC(=O)OCc1cccc(N(C)C(=O)N(C)c2cccc(COC(=O)C=C)c2)c1. The van der Waals surface area contributed by atoms with E-state index in [1.165, 1.54) is 9.80 Å². The summed E-state index contributed by atoms with van der Waals surface area (Å²) in [5.41, 5.74) is 2.79. The van der Waals surface area contributed by atoms with Crippen LogP contribution in [-0.2, 0) is 32.3 Å². The molecule has 0 radical (unpaired) electrons. The molecule has 0 unspecified atom stereocenters. The van der Waals surface area contributed by atoms with E-state index in [1.807, 2.05) is 0 Å². The van der Waals surface area contributed by atoms with Crippen LogP contribution in [0.2, 0.25) is 0 Å². The molecule has 0 aliphatic carbocycles. The van der Waals surface area contributed by atoms with Crippen LogP contribution in [0.5, 0.6) is 0 Å². The molecule has 0 heterocycles. The summed E-state index contributed by atoms with van der Waals surface area (Å²) in [5, 5.41) is 0. The third kappa shape index (κ3) is 6.07. The van der Waals surface area contributed by atoms with Crippen LogP contribution in [0.1, 0.15) is 11.1 Å². The second-order valence-electron chi connectivity index (χ2n) is 6.36. The smallest absolute Gasteiger partial charge is 0.330 e. The molecule has 30 heavy (non-hydrogen) atoms. The van der Waals surface area contributed by atoms with Crippen molar-refractivity contribution >= 4 is 29.3 Å². The molecule has 0 aromatic heterocycles. The highest BCUT2D eigenvalue weighted by Crippen LogP contribution is 2.21. The van der Waals surface area contributed by atoms with Crippen molar-refractivity contribution < 1.29 is 23.9 Å². The molecular weight excluding hydrogens is 384 g/mol. The van der Waals surface area contributed by atoms with Crippen molar-refractivity contribution in [1.29, 1.82) is 0 Å². The number of hydrogen-bond acceptors (Lipinski definition) is 5. The van der Waals surface area contributed by atoms with Crippen LogP contribution in [-0.4, -0.2) is 32.1 Å². The third-order valence-electron chi connectivity index (χ3n) is 4.27. The first-order valence-corrected chi connectivity index (χ1v) is 9.13. The minimum Gasteiger partial charge on any atom is -0.458 e. The molecule has 156 valence electrons. The molecule has 0 saturated carbocycles. The number of esters is 2. The molecule has 0 N–H and O–H groups in total. The predicted octanol–water partition coefficient (Wildman–Crippen LogP) is 3.84. The Labute approximate surface area is 175 Å². The summed E-state index contributed by atoms with van der Waals surface area (Å²) in [5.74, 6) is -1.02. The number of urea groups is 1. The Morgan fingerprint density at radius 1 is 0.800 bits per heavy atom. The number of ether oxygens (including phenoxy) is 2. The van der Waals surface area contributed by atoms with Gasteiger partial charge >= 0.3 is 18.0 Å². The Balaban J connectivity index is 2.10. The number of hydrogen-bond donors (Lipinski definition) is 0. The van der Waals surface area contributed by atoms with Gasteiger partial charge in [-0.25, -0.2) is 14.4 Å². The van der Waals surface area contributed by atoms with Crippen molar-refractivity contribution in [2.45, 2.75) is 13.2 Å². The predicted molar refractivity (Wildman–Crippen MR) is 115 cm³/mol. The molecule has 0 fully saturated rings. The molecule has 2 rings (SSSR count).